The number of carbonyl (C=O) groups is 2. The zero-order valence-corrected chi connectivity index (χ0v) is 17.9. The van der Waals surface area contributed by atoms with Gasteiger partial charge in [-0.25, -0.2) is 23.9 Å². The van der Waals surface area contributed by atoms with Gasteiger partial charge in [-0.15, -0.1) is 0 Å². The van der Waals surface area contributed by atoms with Crippen LogP contribution >= 0.6 is 12.8 Å². The fraction of sp³-hybridized carbons (Fsp3) is 0.350. The molecule has 1 N–H and O–H groups in total. The van der Waals surface area contributed by atoms with Gasteiger partial charge in [0, 0.05) is 12.6 Å². The largest absolute Gasteiger partial charge is 0.465 e. The Labute approximate surface area is 179 Å². The molecule has 0 unspecified atom stereocenters. The van der Waals surface area contributed by atoms with Gasteiger partial charge in [-0.2, -0.15) is 0 Å². The number of esters is 1. The van der Waals surface area contributed by atoms with E-state index in [0.29, 0.717) is 46.3 Å². The van der Waals surface area contributed by atoms with E-state index in [4.69, 9.17) is 9.15 Å². The lowest BCUT2D eigenvalue weighted by Crippen LogP contribution is -2.35. The van der Waals surface area contributed by atoms with Crippen LogP contribution in [0.1, 0.15) is 42.3 Å². The smallest absolute Gasteiger partial charge is 0.341 e. The van der Waals surface area contributed by atoms with E-state index in [2.05, 4.69) is 40.0 Å². The first kappa shape index (κ1) is 21.6. The Morgan fingerprint density at radius 1 is 1.27 bits per heavy atom. The number of methoxy groups -OCH3 is 1. The summed E-state index contributed by atoms with van der Waals surface area (Å²) in [6.07, 6.45) is 4.55. The van der Waals surface area contributed by atoms with Crippen LogP contribution in [-0.4, -0.2) is 40.6 Å². The van der Waals surface area contributed by atoms with E-state index in [1.165, 1.54) is 13.3 Å². The van der Waals surface area contributed by atoms with Crippen molar-refractivity contribution in [1.82, 2.24) is 20.3 Å². The summed E-state index contributed by atoms with van der Waals surface area (Å²) in [7, 11) is 1.30. The molecule has 30 heavy (non-hydrogen) atoms. The van der Waals surface area contributed by atoms with E-state index in [0.717, 1.165) is 23.6 Å². The SMILES string of the molecule is CCCCCNC(=O)N(S)c1ccc2ncc(-c3cc(C(=O)OC)c(C)o3)nc2n1. The average Bonchev–Trinajstić information content (AvgIpc) is 3.16. The van der Waals surface area contributed by atoms with Crippen LogP contribution in [0.25, 0.3) is 22.6 Å². The number of aromatic nitrogens is 3. The van der Waals surface area contributed by atoms with Crippen molar-refractivity contribution in [2.45, 2.75) is 33.1 Å². The molecule has 0 aliphatic heterocycles. The molecule has 0 bridgehead atoms. The lowest BCUT2D eigenvalue weighted by Gasteiger charge is -2.15. The lowest BCUT2D eigenvalue weighted by molar-refractivity contribution is 0.0598. The molecule has 0 saturated carbocycles. The molecule has 0 aromatic carbocycles. The van der Waals surface area contributed by atoms with Gasteiger partial charge in [-0.05, 0) is 25.5 Å². The van der Waals surface area contributed by atoms with Crippen LogP contribution in [-0.2, 0) is 4.74 Å². The molecule has 0 fully saturated rings. The summed E-state index contributed by atoms with van der Waals surface area (Å²) in [6.45, 7) is 4.33. The number of carbonyl (C=O) groups excluding carboxylic acids is 2. The third-order valence-electron chi connectivity index (χ3n) is 4.43. The number of amides is 2. The van der Waals surface area contributed by atoms with Crippen molar-refractivity contribution in [3.05, 3.63) is 35.7 Å². The summed E-state index contributed by atoms with van der Waals surface area (Å²) in [4.78, 5) is 37.3. The first-order valence-electron chi connectivity index (χ1n) is 9.54. The van der Waals surface area contributed by atoms with Crippen molar-refractivity contribution in [3.8, 4) is 11.5 Å². The Morgan fingerprint density at radius 2 is 2.07 bits per heavy atom. The van der Waals surface area contributed by atoms with Gasteiger partial charge in [-0.3, -0.25) is 4.98 Å². The Balaban J connectivity index is 1.84. The molecule has 9 nitrogen and oxygen atoms in total. The Kier molecular flexibility index (Phi) is 6.88. The van der Waals surface area contributed by atoms with Crippen LogP contribution in [0.4, 0.5) is 10.6 Å². The number of urea groups is 1. The molecular weight excluding hydrogens is 406 g/mol. The van der Waals surface area contributed by atoms with E-state index in [1.54, 1.807) is 25.1 Å². The maximum absolute atomic E-state index is 12.3. The summed E-state index contributed by atoms with van der Waals surface area (Å²) < 4.78 is 11.5. The summed E-state index contributed by atoms with van der Waals surface area (Å²) in [5.41, 5.74) is 1.58. The molecule has 10 heteroatoms. The molecule has 0 radical (unpaired) electrons. The molecule has 3 rings (SSSR count). The van der Waals surface area contributed by atoms with Crippen LogP contribution in [0.2, 0.25) is 0 Å². The summed E-state index contributed by atoms with van der Waals surface area (Å²) in [6, 6.07) is 4.53. The van der Waals surface area contributed by atoms with Crippen molar-refractivity contribution in [2.24, 2.45) is 0 Å². The van der Waals surface area contributed by atoms with Crippen LogP contribution in [0.3, 0.4) is 0 Å². The van der Waals surface area contributed by atoms with E-state index < -0.39 is 5.97 Å². The van der Waals surface area contributed by atoms with Crippen molar-refractivity contribution >= 4 is 41.8 Å². The molecule has 158 valence electrons. The molecule has 3 aromatic rings. The maximum Gasteiger partial charge on any atom is 0.341 e. The fourth-order valence-corrected chi connectivity index (χ4v) is 2.98. The second-order valence-electron chi connectivity index (χ2n) is 6.59. The van der Waals surface area contributed by atoms with E-state index in [9.17, 15) is 9.59 Å². The quantitative estimate of drug-likeness (QED) is 0.333. The number of nitrogens with one attached hydrogen (secondary N) is 1. The lowest BCUT2D eigenvalue weighted by atomic mass is 10.2. The van der Waals surface area contributed by atoms with Gasteiger partial charge >= 0.3 is 12.0 Å². The first-order valence-corrected chi connectivity index (χ1v) is 9.94. The number of aryl methyl sites for hydroxylation is 1. The zero-order chi connectivity index (χ0) is 21.7. The normalized spacial score (nSPS) is 10.8. The van der Waals surface area contributed by atoms with Crippen molar-refractivity contribution in [3.63, 3.8) is 0 Å². The van der Waals surface area contributed by atoms with Gasteiger partial charge < -0.3 is 14.5 Å². The van der Waals surface area contributed by atoms with Gasteiger partial charge in [-0.1, -0.05) is 32.6 Å². The maximum atomic E-state index is 12.3. The molecule has 0 aliphatic carbocycles. The summed E-state index contributed by atoms with van der Waals surface area (Å²) in [5.74, 6) is 0.608. The van der Waals surface area contributed by atoms with Crippen molar-refractivity contribution < 1.29 is 18.7 Å². The zero-order valence-electron chi connectivity index (χ0n) is 17.0. The molecule has 0 atom stereocenters. The molecule has 3 aromatic heterocycles. The number of hydrogen-bond acceptors (Lipinski definition) is 8. The topological polar surface area (TPSA) is 110 Å². The van der Waals surface area contributed by atoms with Crippen molar-refractivity contribution in [2.75, 3.05) is 18.0 Å². The monoisotopic (exact) mass is 429 g/mol. The van der Waals surface area contributed by atoms with Gasteiger partial charge in [0.15, 0.2) is 11.4 Å². The molecule has 3 heterocycles. The number of furan rings is 1. The molecule has 0 spiro atoms. The predicted octanol–water partition coefficient (Wildman–Crippen LogP) is 3.93. The van der Waals surface area contributed by atoms with Crippen LogP contribution in [0.5, 0.6) is 0 Å². The van der Waals surface area contributed by atoms with E-state index in [1.807, 2.05) is 0 Å². The summed E-state index contributed by atoms with van der Waals surface area (Å²) >= 11 is 4.25. The minimum absolute atomic E-state index is 0.316. The van der Waals surface area contributed by atoms with E-state index in [-0.39, 0.29) is 6.03 Å². The Hall–Kier alpha value is -3.14. The highest BCUT2D eigenvalue weighted by molar-refractivity contribution is 7.82. The first-order chi connectivity index (χ1) is 14.4. The Bertz CT molecular complexity index is 1070. The van der Waals surface area contributed by atoms with E-state index >= 15 is 0 Å². The number of thiol groups is 1. The number of nitrogens with zero attached hydrogens (tertiary/aromatic N) is 4. The fourth-order valence-electron chi connectivity index (χ4n) is 2.79. The Morgan fingerprint density at radius 3 is 2.80 bits per heavy atom. The molecule has 0 saturated heterocycles. The van der Waals surface area contributed by atoms with Gasteiger partial charge in [0.25, 0.3) is 0 Å². The number of hydrogen-bond donors (Lipinski definition) is 2. The molecule has 0 aliphatic rings. The number of anilines is 1. The number of pyridine rings is 1. The molecular formula is C20H23N5O4S. The minimum Gasteiger partial charge on any atom is -0.465 e. The number of fused-ring (bicyclic) bond motifs is 1. The van der Waals surface area contributed by atoms with Crippen LogP contribution in [0, 0.1) is 6.92 Å². The minimum atomic E-state index is -0.493. The van der Waals surface area contributed by atoms with Gasteiger partial charge in [0.2, 0.25) is 0 Å². The highest BCUT2D eigenvalue weighted by atomic mass is 32.1. The van der Waals surface area contributed by atoms with Gasteiger partial charge in [0.1, 0.15) is 28.4 Å². The van der Waals surface area contributed by atoms with Crippen LogP contribution in [0.15, 0.2) is 28.8 Å². The summed E-state index contributed by atoms with van der Waals surface area (Å²) in [5, 5.41) is 2.80. The van der Waals surface area contributed by atoms with Crippen molar-refractivity contribution in [1.29, 1.82) is 0 Å². The standard InChI is InChI=1S/C20H23N5O4S/c1-4-5-6-9-21-20(27)25(30)17-8-7-14-18(24-17)23-15(11-22-14)16-10-13(12(2)29-16)19(26)28-3/h7-8,10-11,30H,4-6,9H2,1-3H3,(H,21,27). The third kappa shape index (κ3) is 4.70. The second kappa shape index (κ2) is 9.57. The predicted molar refractivity (Wildman–Crippen MR) is 116 cm³/mol. The number of unbranched alkanes of at least 4 members (excludes halogenated alkanes) is 2. The highest BCUT2D eigenvalue weighted by Gasteiger charge is 2.18. The second-order valence-corrected chi connectivity index (χ2v) is 6.99. The average molecular weight is 430 g/mol. The third-order valence-corrected chi connectivity index (χ3v) is 4.82. The highest BCUT2D eigenvalue weighted by Crippen LogP contribution is 2.26. The number of ether oxygens (including phenoxy) is 1. The van der Waals surface area contributed by atoms with Crippen LogP contribution < -0.4 is 9.62 Å². The number of rotatable bonds is 7. The van der Waals surface area contributed by atoms with Gasteiger partial charge in [0.05, 0.1) is 13.3 Å². The molecule has 2 amide bonds.